The van der Waals surface area contributed by atoms with Crippen molar-refractivity contribution in [3.63, 3.8) is 0 Å². The monoisotopic (exact) mass is 313 g/mol. The summed E-state index contributed by atoms with van der Waals surface area (Å²) in [5, 5.41) is 3.44. The number of rotatable bonds is 5. The Labute approximate surface area is 126 Å². The van der Waals surface area contributed by atoms with Gasteiger partial charge in [0, 0.05) is 18.7 Å². The standard InChI is InChI=1S/C15H14ClF2NO2/c1-20-14-7-15(21-2)13(6-12(14)16)19-8-9-3-10(17)5-11(18)4-9/h3-7,19H,8H2,1-2H3. The zero-order valence-electron chi connectivity index (χ0n) is 11.5. The normalized spacial score (nSPS) is 10.3. The highest BCUT2D eigenvalue weighted by Crippen LogP contribution is 2.36. The van der Waals surface area contributed by atoms with Crippen molar-refractivity contribution in [2.24, 2.45) is 0 Å². The SMILES string of the molecule is COc1cc(OC)c(NCc2cc(F)cc(F)c2)cc1Cl. The van der Waals surface area contributed by atoms with Crippen LogP contribution in [-0.4, -0.2) is 14.2 Å². The summed E-state index contributed by atoms with van der Waals surface area (Å²) in [5.41, 5.74) is 1.08. The molecule has 2 rings (SSSR count). The summed E-state index contributed by atoms with van der Waals surface area (Å²) in [6.45, 7) is 0.230. The molecule has 1 N–H and O–H groups in total. The number of anilines is 1. The molecule has 2 aromatic rings. The van der Waals surface area contributed by atoms with Gasteiger partial charge >= 0.3 is 0 Å². The number of halogens is 3. The third-order valence-corrected chi connectivity index (χ3v) is 3.17. The van der Waals surface area contributed by atoms with E-state index >= 15 is 0 Å². The fourth-order valence-electron chi connectivity index (χ4n) is 1.91. The minimum Gasteiger partial charge on any atom is -0.495 e. The molecule has 0 radical (unpaired) electrons. The van der Waals surface area contributed by atoms with E-state index in [1.807, 2.05) is 0 Å². The average molecular weight is 314 g/mol. The van der Waals surface area contributed by atoms with Gasteiger partial charge in [-0.3, -0.25) is 0 Å². The molecule has 112 valence electrons. The second-order valence-corrected chi connectivity index (χ2v) is 4.73. The third-order valence-electron chi connectivity index (χ3n) is 2.88. The first-order valence-electron chi connectivity index (χ1n) is 6.14. The van der Waals surface area contributed by atoms with Crippen molar-refractivity contribution >= 4 is 17.3 Å². The summed E-state index contributed by atoms with van der Waals surface area (Å²) in [6, 6.07) is 6.61. The number of ether oxygens (including phenoxy) is 2. The number of hydrogen-bond donors (Lipinski definition) is 1. The zero-order chi connectivity index (χ0) is 15.4. The van der Waals surface area contributed by atoms with Crippen LogP contribution in [0.3, 0.4) is 0 Å². The Morgan fingerprint density at radius 2 is 1.57 bits per heavy atom. The highest BCUT2D eigenvalue weighted by atomic mass is 35.5. The zero-order valence-corrected chi connectivity index (χ0v) is 12.3. The maximum atomic E-state index is 13.1. The molecular weight excluding hydrogens is 300 g/mol. The van der Waals surface area contributed by atoms with Gasteiger partial charge in [0.05, 0.1) is 24.9 Å². The Bertz CT molecular complexity index is 630. The Morgan fingerprint density at radius 3 is 2.14 bits per heavy atom. The van der Waals surface area contributed by atoms with Gasteiger partial charge in [-0.2, -0.15) is 0 Å². The van der Waals surface area contributed by atoms with Gasteiger partial charge in [-0.25, -0.2) is 8.78 Å². The summed E-state index contributed by atoms with van der Waals surface area (Å²) < 4.78 is 36.6. The first-order chi connectivity index (χ1) is 10.0. The predicted octanol–water partition coefficient (Wildman–Crippen LogP) is 4.25. The summed E-state index contributed by atoms with van der Waals surface area (Å²) in [4.78, 5) is 0. The lowest BCUT2D eigenvalue weighted by Gasteiger charge is -2.14. The van der Waals surface area contributed by atoms with Crippen LogP contribution in [0, 0.1) is 11.6 Å². The lowest BCUT2D eigenvalue weighted by Crippen LogP contribution is -2.03. The molecule has 0 heterocycles. The van der Waals surface area contributed by atoms with Gasteiger partial charge in [-0.05, 0) is 23.8 Å². The molecule has 21 heavy (non-hydrogen) atoms. The molecule has 0 spiro atoms. The van der Waals surface area contributed by atoms with Gasteiger partial charge in [0.15, 0.2) is 0 Å². The van der Waals surface area contributed by atoms with E-state index in [-0.39, 0.29) is 6.54 Å². The minimum atomic E-state index is -0.619. The Kier molecular flexibility index (Phi) is 4.85. The van der Waals surface area contributed by atoms with E-state index in [9.17, 15) is 8.78 Å². The van der Waals surface area contributed by atoms with Crippen molar-refractivity contribution in [3.05, 3.63) is 52.6 Å². The lowest BCUT2D eigenvalue weighted by molar-refractivity contribution is 0.395. The fraction of sp³-hybridized carbons (Fsp3) is 0.200. The molecule has 0 atom stereocenters. The number of methoxy groups -OCH3 is 2. The second kappa shape index (κ2) is 6.63. The Morgan fingerprint density at radius 1 is 0.952 bits per heavy atom. The van der Waals surface area contributed by atoms with E-state index in [1.54, 1.807) is 12.1 Å². The van der Waals surface area contributed by atoms with Crippen LogP contribution >= 0.6 is 11.6 Å². The molecule has 0 saturated heterocycles. The molecule has 6 heteroatoms. The molecule has 0 aliphatic rings. The minimum absolute atomic E-state index is 0.230. The predicted molar refractivity (Wildman–Crippen MR) is 78.2 cm³/mol. The van der Waals surface area contributed by atoms with Crippen molar-refractivity contribution in [1.29, 1.82) is 0 Å². The van der Waals surface area contributed by atoms with Gasteiger partial charge in [0.2, 0.25) is 0 Å². The number of hydrogen-bond acceptors (Lipinski definition) is 3. The van der Waals surface area contributed by atoms with Crippen LogP contribution in [0.2, 0.25) is 5.02 Å². The van der Waals surface area contributed by atoms with Gasteiger partial charge in [-0.15, -0.1) is 0 Å². The molecular formula is C15H14ClF2NO2. The van der Waals surface area contributed by atoms with Crippen LogP contribution in [-0.2, 0) is 6.54 Å². The van der Waals surface area contributed by atoms with E-state index < -0.39 is 11.6 Å². The molecule has 0 aliphatic carbocycles. The van der Waals surface area contributed by atoms with Crippen molar-refractivity contribution in [3.8, 4) is 11.5 Å². The van der Waals surface area contributed by atoms with Crippen molar-refractivity contribution < 1.29 is 18.3 Å². The molecule has 3 nitrogen and oxygen atoms in total. The molecule has 0 saturated carbocycles. The lowest BCUT2D eigenvalue weighted by atomic mass is 10.2. The van der Waals surface area contributed by atoms with Gasteiger partial charge in [0.1, 0.15) is 23.1 Å². The van der Waals surface area contributed by atoms with Crippen molar-refractivity contribution in [2.75, 3.05) is 19.5 Å². The van der Waals surface area contributed by atoms with Crippen LogP contribution in [0.25, 0.3) is 0 Å². The van der Waals surface area contributed by atoms with E-state index in [1.165, 1.54) is 26.4 Å². The molecule has 0 unspecified atom stereocenters. The van der Waals surface area contributed by atoms with Crippen LogP contribution in [0.4, 0.5) is 14.5 Å². The summed E-state index contributed by atoms with van der Waals surface area (Å²) in [5.74, 6) is -0.234. The first kappa shape index (κ1) is 15.4. The van der Waals surface area contributed by atoms with Crippen LogP contribution in [0.15, 0.2) is 30.3 Å². The van der Waals surface area contributed by atoms with Gasteiger partial charge < -0.3 is 14.8 Å². The summed E-state index contributed by atoms with van der Waals surface area (Å²) >= 11 is 6.05. The van der Waals surface area contributed by atoms with E-state index in [0.717, 1.165) is 6.07 Å². The number of nitrogens with one attached hydrogen (secondary N) is 1. The maximum Gasteiger partial charge on any atom is 0.145 e. The molecule has 2 aromatic carbocycles. The van der Waals surface area contributed by atoms with Crippen LogP contribution in [0.5, 0.6) is 11.5 Å². The van der Waals surface area contributed by atoms with Gasteiger partial charge in [-0.1, -0.05) is 11.6 Å². The van der Waals surface area contributed by atoms with Crippen LogP contribution in [0.1, 0.15) is 5.56 Å². The Balaban J connectivity index is 2.21. The topological polar surface area (TPSA) is 30.5 Å². The van der Waals surface area contributed by atoms with E-state index in [2.05, 4.69) is 5.32 Å². The average Bonchev–Trinajstić information content (AvgIpc) is 2.44. The highest BCUT2D eigenvalue weighted by molar-refractivity contribution is 6.32. The highest BCUT2D eigenvalue weighted by Gasteiger charge is 2.10. The molecule has 0 amide bonds. The largest absolute Gasteiger partial charge is 0.495 e. The first-order valence-corrected chi connectivity index (χ1v) is 6.51. The number of benzene rings is 2. The fourth-order valence-corrected chi connectivity index (χ4v) is 2.15. The quantitative estimate of drug-likeness (QED) is 0.895. The third kappa shape index (κ3) is 3.76. The molecule has 0 aromatic heterocycles. The van der Waals surface area contributed by atoms with E-state index in [0.29, 0.717) is 27.8 Å². The van der Waals surface area contributed by atoms with Gasteiger partial charge in [0.25, 0.3) is 0 Å². The van der Waals surface area contributed by atoms with Crippen molar-refractivity contribution in [2.45, 2.75) is 6.54 Å². The maximum absolute atomic E-state index is 13.1. The summed E-state index contributed by atoms with van der Waals surface area (Å²) in [7, 11) is 3.01. The Hall–Kier alpha value is -2.01. The van der Waals surface area contributed by atoms with Crippen molar-refractivity contribution in [1.82, 2.24) is 0 Å². The smallest absolute Gasteiger partial charge is 0.145 e. The summed E-state index contributed by atoms with van der Waals surface area (Å²) in [6.07, 6.45) is 0. The molecule has 0 bridgehead atoms. The molecule has 0 aliphatic heterocycles. The second-order valence-electron chi connectivity index (χ2n) is 4.32. The van der Waals surface area contributed by atoms with Crippen LogP contribution < -0.4 is 14.8 Å². The van der Waals surface area contributed by atoms with E-state index in [4.69, 9.17) is 21.1 Å². The molecule has 0 fully saturated rings.